The van der Waals surface area contributed by atoms with Gasteiger partial charge in [-0.25, -0.2) is 0 Å². The molecule has 0 radical (unpaired) electrons. The summed E-state index contributed by atoms with van der Waals surface area (Å²) in [5, 5.41) is 15.3. The normalized spacial score (nSPS) is 10.7. The number of allylic oxidation sites excluding steroid dienone is 1. The van der Waals surface area contributed by atoms with E-state index < -0.39 is 0 Å². The molecule has 0 fully saturated rings. The molecule has 2 amide bonds. The van der Waals surface area contributed by atoms with Gasteiger partial charge in [0.05, 0.1) is 22.3 Å². The molecule has 0 aliphatic carbocycles. The number of hydrogen-bond donors (Lipinski definition) is 2. The van der Waals surface area contributed by atoms with Gasteiger partial charge < -0.3 is 15.2 Å². The van der Waals surface area contributed by atoms with E-state index in [1.165, 1.54) is 17.8 Å². The lowest BCUT2D eigenvalue weighted by molar-refractivity contribution is -0.113. The molecule has 33 heavy (non-hydrogen) atoms. The lowest BCUT2D eigenvalue weighted by Crippen LogP contribution is -2.25. The predicted octanol–water partition coefficient (Wildman–Crippen LogP) is 5.05. The van der Waals surface area contributed by atoms with E-state index in [2.05, 4.69) is 27.4 Å². The fourth-order valence-electron chi connectivity index (χ4n) is 3.14. The van der Waals surface area contributed by atoms with Crippen molar-refractivity contribution >= 4 is 52.5 Å². The van der Waals surface area contributed by atoms with Gasteiger partial charge in [0, 0.05) is 17.8 Å². The van der Waals surface area contributed by atoms with Crippen LogP contribution in [0, 0.1) is 13.8 Å². The first-order chi connectivity index (χ1) is 15.8. The zero-order chi connectivity index (χ0) is 24.0. The molecule has 0 saturated carbocycles. The number of anilines is 1. The second-order valence-corrected chi connectivity index (χ2v) is 9.08. The fourth-order valence-corrected chi connectivity index (χ4v) is 4.21. The first-order valence-corrected chi connectivity index (χ1v) is 11.8. The quantitative estimate of drug-likeness (QED) is 0.315. The Morgan fingerprint density at radius 1 is 1.09 bits per heavy atom. The van der Waals surface area contributed by atoms with Crippen molar-refractivity contribution in [3.05, 3.63) is 81.6 Å². The first-order valence-electron chi connectivity index (χ1n) is 10.0. The molecule has 0 aliphatic rings. The highest BCUT2D eigenvalue weighted by Gasteiger charge is 2.15. The molecule has 1 aromatic heterocycles. The van der Waals surface area contributed by atoms with Crippen molar-refractivity contribution in [2.24, 2.45) is 0 Å². The molecular formula is C23H23Cl2N5O2S. The van der Waals surface area contributed by atoms with Gasteiger partial charge in [-0.2, -0.15) is 0 Å². The predicted molar refractivity (Wildman–Crippen MR) is 133 cm³/mol. The number of amides is 2. The van der Waals surface area contributed by atoms with Gasteiger partial charge >= 0.3 is 0 Å². The molecule has 1 heterocycles. The zero-order valence-electron chi connectivity index (χ0n) is 18.2. The molecule has 3 aromatic rings. The van der Waals surface area contributed by atoms with E-state index in [9.17, 15) is 9.59 Å². The lowest BCUT2D eigenvalue weighted by atomic mass is 10.1. The third kappa shape index (κ3) is 6.83. The van der Waals surface area contributed by atoms with E-state index in [-0.39, 0.29) is 24.1 Å². The van der Waals surface area contributed by atoms with Crippen LogP contribution in [0.5, 0.6) is 0 Å². The number of rotatable bonds is 9. The summed E-state index contributed by atoms with van der Waals surface area (Å²) in [5.74, 6) is 0.245. The lowest BCUT2D eigenvalue weighted by Gasteiger charge is -2.10. The summed E-state index contributed by atoms with van der Waals surface area (Å²) >= 11 is 13.2. The van der Waals surface area contributed by atoms with Gasteiger partial charge in [-0.1, -0.05) is 47.1 Å². The number of hydrogen-bond acceptors (Lipinski definition) is 5. The summed E-state index contributed by atoms with van der Waals surface area (Å²) in [6.07, 6.45) is 1.70. The molecule has 2 N–H and O–H groups in total. The van der Waals surface area contributed by atoms with Crippen molar-refractivity contribution in [1.29, 1.82) is 0 Å². The summed E-state index contributed by atoms with van der Waals surface area (Å²) in [5.41, 5.74) is 3.31. The monoisotopic (exact) mass is 503 g/mol. The second kappa shape index (κ2) is 11.4. The molecular weight excluding hydrogens is 481 g/mol. The van der Waals surface area contributed by atoms with E-state index in [0.717, 1.165) is 16.8 Å². The highest BCUT2D eigenvalue weighted by atomic mass is 35.5. The standard InChI is InChI=1S/C23H23Cl2N5O2S/c1-4-7-30-20(12-26-22(32)16-5-6-18(24)19(25)11-16)28-29-23(30)33-13-21(31)27-17-9-14(2)8-15(3)10-17/h4-6,8-11H,1,7,12-13H2,2-3H3,(H,26,32)(H,27,31). The highest BCUT2D eigenvalue weighted by molar-refractivity contribution is 7.99. The van der Waals surface area contributed by atoms with Gasteiger partial charge in [-0.3, -0.25) is 9.59 Å². The summed E-state index contributed by atoms with van der Waals surface area (Å²) < 4.78 is 1.80. The fraction of sp³-hybridized carbons (Fsp3) is 0.217. The Morgan fingerprint density at radius 3 is 2.48 bits per heavy atom. The third-order valence-electron chi connectivity index (χ3n) is 4.53. The summed E-state index contributed by atoms with van der Waals surface area (Å²) in [6, 6.07) is 10.5. The molecule has 3 rings (SSSR count). The molecule has 0 spiro atoms. The Bertz CT molecular complexity index is 1180. The molecule has 0 bridgehead atoms. The van der Waals surface area contributed by atoms with E-state index in [1.54, 1.807) is 22.8 Å². The van der Waals surface area contributed by atoms with Gasteiger partial charge in [0.2, 0.25) is 5.91 Å². The van der Waals surface area contributed by atoms with E-state index in [1.807, 2.05) is 32.0 Å². The summed E-state index contributed by atoms with van der Waals surface area (Å²) in [7, 11) is 0. The topological polar surface area (TPSA) is 88.9 Å². The molecule has 0 aliphatic heterocycles. The van der Waals surface area contributed by atoms with Crippen LogP contribution >= 0.6 is 35.0 Å². The van der Waals surface area contributed by atoms with Crippen LogP contribution in [0.25, 0.3) is 0 Å². The van der Waals surface area contributed by atoms with Crippen molar-refractivity contribution < 1.29 is 9.59 Å². The Kier molecular flexibility index (Phi) is 8.55. The average Bonchev–Trinajstić information content (AvgIpc) is 3.13. The van der Waals surface area contributed by atoms with Crippen LogP contribution in [0.15, 0.2) is 54.2 Å². The van der Waals surface area contributed by atoms with Gasteiger partial charge in [0.25, 0.3) is 5.91 Å². The largest absolute Gasteiger partial charge is 0.345 e. The second-order valence-electron chi connectivity index (χ2n) is 7.32. The van der Waals surface area contributed by atoms with Crippen molar-refractivity contribution in [2.45, 2.75) is 32.1 Å². The van der Waals surface area contributed by atoms with Crippen LogP contribution in [0.2, 0.25) is 10.0 Å². The van der Waals surface area contributed by atoms with Crippen LogP contribution < -0.4 is 10.6 Å². The minimum Gasteiger partial charge on any atom is -0.345 e. The summed E-state index contributed by atoms with van der Waals surface area (Å²) in [4.78, 5) is 24.9. The summed E-state index contributed by atoms with van der Waals surface area (Å²) in [6.45, 7) is 8.32. The number of nitrogens with one attached hydrogen (secondary N) is 2. The number of benzene rings is 2. The van der Waals surface area contributed by atoms with Gasteiger partial charge in [0.15, 0.2) is 11.0 Å². The number of halogens is 2. The Balaban J connectivity index is 1.62. The van der Waals surface area contributed by atoms with Crippen LogP contribution in [0.3, 0.4) is 0 Å². The number of nitrogens with zero attached hydrogens (tertiary/aromatic N) is 3. The number of aryl methyl sites for hydroxylation is 2. The molecule has 2 aromatic carbocycles. The number of carbonyl (C=O) groups excluding carboxylic acids is 2. The molecule has 0 atom stereocenters. The Hall–Kier alpha value is -2.81. The molecule has 7 nitrogen and oxygen atoms in total. The third-order valence-corrected chi connectivity index (χ3v) is 6.24. The molecule has 0 saturated heterocycles. The van der Waals surface area contributed by atoms with Gasteiger partial charge in [-0.15, -0.1) is 16.8 Å². The minimum atomic E-state index is -0.316. The average molecular weight is 504 g/mol. The number of carbonyl (C=O) groups is 2. The van der Waals surface area contributed by atoms with Crippen molar-refractivity contribution in [2.75, 3.05) is 11.1 Å². The maximum absolute atomic E-state index is 12.4. The molecule has 0 unspecified atom stereocenters. The van der Waals surface area contributed by atoms with Crippen LogP contribution in [0.4, 0.5) is 5.69 Å². The SMILES string of the molecule is C=CCn1c(CNC(=O)c2ccc(Cl)c(Cl)c2)nnc1SCC(=O)Nc1cc(C)cc(C)c1. The zero-order valence-corrected chi connectivity index (χ0v) is 20.5. The highest BCUT2D eigenvalue weighted by Crippen LogP contribution is 2.23. The number of aromatic nitrogens is 3. The van der Waals surface area contributed by atoms with Crippen LogP contribution in [-0.4, -0.2) is 32.3 Å². The van der Waals surface area contributed by atoms with E-state index >= 15 is 0 Å². The van der Waals surface area contributed by atoms with E-state index in [0.29, 0.717) is 33.1 Å². The minimum absolute atomic E-state index is 0.146. The first kappa shape index (κ1) is 24.8. The van der Waals surface area contributed by atoms with Gasteiger partial charge in [-0.05, 0) is 55.3 Å². The van der Waals surface area contributed by atoms with Crippen LogP contribution in [0.1, 0.15) is 27.3 Å². The maximum atomic E-state index is 12.4. The Morgan fingerprint density at radius 2 is 1.82 bits per heavy atom. The van der Waals surface area contributed by atoms with E-state index in [4.69, 9.17) is 23.2 Å². The molecule has 10 heteroatoms. The van der Waals surface area contributed by atoms with Crippen molar-refractivity contribution in [1.82, 2.24) is 20.1 Å². The number of thioether (sulfide) groups is 1. The Labute approximate surface area is 206 Å². The van der Waals surface area contributed by atoms with Crippen LogP contribution in [-0.2, 0) is 17.9 Å². The van der Waals surface area contributed by atoms with Crippen molar-refractivity contribution in [3.63, 3.8) is 0 Å². The van der Waals surface area contributed by atoms with Crippen molar-refractivity contribution in [3.8, 4) is 0 Å². The maximum Gasteiger partial charge on any atom is 0.251 e. The van der Waals surface area contributed by atoms with Gasteiger partial charge in [0.1, 0.15) is 0 Å². The smallest absolute Gasteiger partial charge is 0.251 e. The molecule has 172 valence electrons.